The topological polar surface area (TPSA) is 161 Å². The number of pyridine rings is 1. The number of benzene rings is 1. The van der Waals surface area contributed by atoms with Crippen LogP contribution in [-0.2, 0) is 36.9 Å². The summed E-state index contributed by atoms with van der Waals surface area (Å²) in [4.78, 5) is 52.1. The minimum atomic E-state index is -5.08. The number of urea groups is 1. The number of nitrogen functional groups attached to an aromatic ring is 1. The molecule has 0 radical (unpaired) electrons. The average Bonchev–Trinajstić information content (AvgIpc) is 3.35. The number of esters is 1. The van der Waals surface area contributed by atoms with Crippen LogP contribution >= 0.6 is 0 Å². The average molecular weight is 567 g/mol. The first-order valence-corrected chi connectivity index (χ1v) is 12.3. The van der Waals surface area contributed by atoms with Gasteiger partial charge in [-0.05, 0) is 48.9 Å². The zero-order valence-corrected chi connectivity index (χ0v) is 21.5. The fraction of sp³-hybridized carbons (Fsp3) is 0.423. The Balaban J connectivity index is 0.000000559. The van der Waals surface area contributed by atoms with Crippen molar-refractivity contribution >= 4 is 29.7 Å². The normalized spacial score (nSPS) is 22.0. The van der Waals surface area contributed by atoms with Crippen molar-refractivity contribution in [3.8, 4) is 0 Å². The lowest BCUT2D eigenvalue weighted by atomic mass is 9.82. The number of rotatable bonds is 7. The second-order valence-electron chi connectivity index (χ2n) is 9.20. The largest absolute Gasteiger partial charge is 0.490 e. The summed E-state index contributed by atoms with van der Waals surface area (Å²) in [5.41, 5.74) is 7.53. The van der Waals surface area contributed by atoms with Gasteiger partial charge in [0.1, 0.15) is 5.82 Å². The van der Waals surface area contributed by atoms with Crippen molar-refractivity contribution in [3.05, 3.63) is 59.8 Å². The van der Waals surface area contributed by atoms with Crippen molar-refractivity contribution in [2.75, 3.05) is 12.8 Å². The highest BCUT2D eigenvalue weighted by Crippen LogP contribution is 2.32. The molecule has 4 rings (SSSR count). The molecule has 2 aliphatic rings. The summed E-state index contributed by atoms with van der Waals surface area (Å²) < 4.78 is 42.7. The van der Waals surface area contributed by atoms with Crippen molar-refractivity contribution < 1.29 is 46.9 Å². The highest BCUT2D eigenvalue weighted by molar-refractivity contribution is 6.08. The number of carboxylic acid groups (broad SMARTS) is 1. The molecule has 1 aliphatic heterocycles. The molecule has 4 N–H and O–H groups in total. The van der Waals surface area contributed by atoms with Gasteiger partial charge in [-0.2, -0.15) is 13.2 Å². The number of amides is 3. The number of hydrogen-bond acceptors (Lipinski definition) is 8. The SMILES string of the molecule is COC(=O)[C@@H]1[C@@H](Cc2ccnc(N)c2)C(=O)N1C(=O)N[C@@H]1CCC[C@H]1OCc1ccccc1.O=C(O)C(F)(F)F. The van der Waals surface area contributed by atoms with Gasteiger partial charge in [-0.15, -0.1) is 0 Å². The first kappa shape index (κ1) is 30.3. The zero-order chi connectivity index (χ0) is 29.4. The van der Waals surface area contributed by atoms with E-state index in [2.05, 4.69) is 10.3 Å². The van der Waals surface area contributed by atoms with E-state index in [1.54, 1.807) is 18.3 Å². The Morgan fingerprint density at radius 3 is 2.42 bits per heavy atom. The van der Waals surface area contributed by atoms with E-state index in [0.717, 1.165) is 35.3 Å². The van der Waals surface area contributed by atoms with Crippen LogP contribution in [0.1, 0.15) is 30.4 Å². The number of nitrogens with zero attached hydrogens (tertiary/aromatic N) is 2. The molecule has 14 heteroatoms. The Morgan fingerprint density at radius 2 is 1.82 bits per heavy atom. The number of ether oxygens (including phenoxy) is 2. The number of alkyl halides is 3. The molecule has 4 atom stereocenters. The standard InChI is InChI=1S/C24H28N4O5.C2HF3O2/c1-32-23(30)21-17(12-16-10-11-26-20(25)13-16)22(29)28(21)24(31)27-18-8-5-9-19(18)33-14-15-6-3-2-4-7-15;3-2(4,5)1(6)7/h2-4,6-7,10-11,13,17-19,21H,5,8-9,12,14H2,1H3,(H2,25,26)(H,27,31);(H,6,7)/t17-,18-,19-,21+;/m1./s1. The summed E-state index contributed by atoms with van der Waals surface area (Å²) in [5.74, 6) is -4.17. The van der Waals surface area contributed by atoms with Crippen LogP contribution in [0.3, 0.4) is 0 Å². The third-order valence-corrected chi connectivity index (χ3v) is 6.49. The van der Waals surface area contributed by atoms with Crippen LogP contribution in [0, 0.1) is 5.92 Å². The molecule has 2 aromatic rings. The number of nitrogens with one attached hydrogen (secondary N) is 1. The zero-order valence-electron chi connectivity index (χ0n) is 21.5. The predicted octanol–water partition coefficient (Wildman–Crippen LogP) is 2.69. The lowest BCUT2D eigenvalue weighted by molar-refractivity contribution is -0.192. The monoisotopic (exact) mass is 566 g/mol. The molecule has 0 spiro atoms. The van der Waals surface area contributed by atoms with Crippen molar-refractivity contribution in [1.82, 2.24) is 15.2 Å². The summed E-state index contributed by atoms with van der Waals surface area (Å²) in [7, 11) is 1.24. The lowest BCUT2D eigenvalue weighted by Gasteiger charge is -2.44. The van der Waals surface area contributed by atoms with Crippen LogP contribution in [0.5, 0.6) is 0 Å². The molecule has 1 aromatic carbocycles. The van der Waals surface area contributed by atoms with Gasteiger partial charge >= 0.3 is 24.1 Å². The first-order chi connectivity index (χ1) is 18.9. The molecular formula is C26H29F3N4O7. The second-order valence-corrected chi connectivity index (χ2v) is 9.20. The van der Waals surface area contributed by atoms with Gasteiger partial charge in [-0.1, -0.05) is 30.3 Å². The predicted molar refractivity (Wildman–Crippen MR) is 133 cm³/mol. The summed E-state index contributed by atoms with van der Waals surface area (Å²) >= 11 is 0. The Morgan fingerprint density at radius 1 is 1.15 bits per heavy atom. The van der Waals surface area contributed by atoms with Gasteiger partial charge in [0.05, 0.1) is 31.8 Å². The van der Waals surface area contributed by atoms with Gasteiger partial charge in [0.2, 0.25) is 5.91 Å². The number of imide groups is 1. The smallest absolute Gasteiger partial charge is 0.475 e. The molecule has 40 heavy (non-hydrogen) atoms. The molecule has 1 saturated heterocycles. The maximum Gasteiger partial charge on any atom is 0.490 e. The van der Waals surface area contributed by atoms with E-state index < -0.39 is 42.0 Å². The molecule has 11 nitrogen and oxygen atoms in total. The molecule has 216 valence electrons. The molecule has 0 bridgehead atoms. The highest BCUT2D eigenvalue weighted by Gasteiger charge is 2.55. The Labute approximate surface area is 227 Å². The van der Waals surface area contributed by atoms with E-state index in [1.165, 1.54) is 7.11 Å². The molecule has 1 aliphatic carbocycles. The van der Waals surface area contributed by atoms with Crippen LogP contribution < -0.4 is 11.1 Å². The van der Waals surface area contributed by atoms with Gasteiger partial charge in [0, 0.05) is 6.20 Å². The minimum absolute atomic E-state index is 0.155. The van der Waals surface area contributed by atoms with Crippen molar-refractivity contribution in [2.45, 2.75) is 56.7 Å². The van der Waals surface area contributed by atoms with E-state index >= 15 is 0 Å². The van der Waals surface area contributed by atoms with Gasteiger partial charge in [0.25, 0.3) is 0 Å². The molecule has 1 saturated carbocycles. The first-order valence-electron chi connectivity index (χ1n) is 12.3. The number of anilines is 1. The molecular weight excluding hydrogens is 537 g/mol. The van der Waals surface area contributed by atoms with Crippen LogP contribution in [0.15, 0.2) is 48.7 Å². The summed E-state index contributed by atoms with van der Waals surface area (Å²) in [6.07, 6.45) is -0.959. The van der Waals surface area contributed by atoms with Gasteiger partial charge in [-0.25, -0.2) is 24.3 Å². The van der Waals surface area contributed by atoms with Crippen molar-refractivity contribution in [2.24, 2.45) is 5.92 Å². The Hall–Kier alpha value is -4.20. The summed E-state index contributed by atoms with van der Waals surface area (Å²) in [5, 5.41) is 10.0. The van der Waals surface area contributed by atoms with E-state index in [1.807, 2.05) is 30.3 Å². The van der Waals surface area contributed by atoms with Crippen molar-refractivity contribution in [3.63, 3.8) is 0 Å². The van der Waals surface area contributed by atoms with Crippen LogP contribution in [0.4, 0.5) is 23.8 Å². The van der Waals surface area contributed by atoms with Crippen molar-refractivity contribution in [1.29, 1.82) is 0 Å². The number of β-lactam (4-membered cyclic amide) rings is 1. The number of halogens is 3. The second kappa shape index (κ2) is 13.2. The van der Waals surface area contributed by atoms with Crippen LogP contribution in [-0.4, -0.2) is 70.3 Å². The maximum atomic E-state index is 13.0. The number of carbonyl (C=O) groups is 4. The number of aliphatic carboxylic acids is 1. The third kappa shape index (κ3) is 7.68. The number of likely N-dealkylation sites (tertiary alicyclic amines) is 1. The Kier molecular flexibility index (Phi) is 10.0. The molecule has 2 fully saturated rings. The van der Waals surface area contributed by atoms with E-state index in [-0.39, 0.29) is 18.6 Å². The Bertz CT molecular complexity index is 1210. The number of carboxylic acids is 1. The molecule has 0 unspecified atom stereocenters. The number of carbonyl (C=O) groups excluding carboxylic acids is 3. The minimum Gasteiger partial charge on any atom is -0.475 e. The van der Waals surface area contributed by atoms with Gasteiger partial charge < -0.3 is 25.6 Å². The van der Waals surface area contributed by atoms with Gasteiger partial charge in [0.15, 0.2) is 6.04 Å². The van der Waals surface area contributed by atoms with Crippen LogP contribution in [0.2, 0.25) is 0 Å². The molecule has 2 heterocycles. The number of nitrogens with two attached hydrogens (primary N) is 1. The van der Waals surface area contributed by atoms with Crippen LogP contribution in [0.25, 0.3) is 0 Å². The number of hydrogen-bond donors (Lipinski definition) is 3. The number of methoxy groups -OCH3 is 1. The lowest BCUT2D eigenvalue weighted by Crippen LogP contribution is -2.69. The summed E-state index contributed by atoms with van der Waals surface area (Å²) in [6, 6.07) is 11.4. The van der Waals surface area contributed by atoms with Gasteiger partial charge in [-0.3, -0.25) is 4.79 Å². The highest BCUT2D eigenvalue weighted by atomic mass is 19.4. The van der Waals surface area contributed by atoms with E-state index in [9.17, 15) is 27.6 Å². The summed E-state index contributed by atoms with van der Waals surface area (Å²) in [6.45, 7) is 0.447. The maximum absolute atomic E-state index is 13.0. The fourth-order valence-corrected chi connectivity index (χ4v) is 4.54. The number of aromatic nitrogens is 1. The van der Waals surface area contributed by atoms with E-state index in [0.29, 0.717) is 12.4 Å². The molecule has 3 amide bonds. The third-order valence-electron chi connectivity index (χ3n) is 6.49. The molecule has 1 aromatic heterocycles. The quantitative estimate of drug-likeness (QED) is 0.338. The fourth-order valence-electron chi connectivity index (χ4n) is 4.54. The van der Waals surface area contributed by atoms with E-state index in [4.69, 9.17) is 25.1 Å².